The van der Waals surface area contributed by atoms with E-state index in [-0.39, 0.29) is 12.5 Å². The van der Waals surface area contributed by atoms with Crippen LogP contribution in [0, 0.1) is 5.92 Å². The zero-order chi connectivity index (χ0) is 15.7. The molecule has 1 atom stereocenters. The number of furan rings is 1. The number of amides is 1. The molecule has 0 spiro atoms. The van der Waals surface area contributed by atoms with Gasteiger partial charge in [0.25, 0.3) is 5.91 Å². The fraction of sp³-hybridized carbons (Fsp3) is 0.500. The molecule has 2 heterocycles. The number of likely N-dealkylation sites (tertiary alicyclic amines) is 1. The number of para-hydroxylation sites is 1. The summed E-state index contributed by atoms with van der Waals surface area (Å²) in [6.45, 7) is 4.98. The number of carbonyl (C=O) groups is 1. The summed E-state index contributed by atoms with van der Waals surface area (Å²) >= 11 is 0. The maximum Gasteiger partial charge on any atom is 0.258 e. The van der Waals surface area contributed by atoms with Crippen molar-refractivity contribution in [2.24, 2.45) is 5.92 Å². The van der Waals surface area contributed by atoms with E-state index in [9.17, 15) is 9.90 Å². The predicted molar refractivity (Wildman–Crippen MR) is 85.8 cm³/mol. The second kappa shape index (κ2) is 5.76. The fourth-order valence-electron chi connectivity index (χ4n) is 3.75. The number of hydrogen-bond acceptors (Lipinski definition) is 3. The smallest absolute Gasteiger partial charge is 0.258 e. The van der Waals surface area contributed by atoms with Crippen molar-refractivity contribution in [1.82, 2.24) is 4.90 Å². The number of fused-ring (bicyclic) bond motifs is 1. The van der Waals surface area contributed by atoms with Crippen LogP contribution in [0.25, 0.3) is 11.0 Å². The quantitative estimate of drug-likeness (QED) is 0.941. The van der Waals surface area contributed by atoms with Gasteiger partial charge in [0.05, 0.1) is 17.7 Å². The van der Waals surface area contributed by atoms with E-state index < -0.39 is 5.54 Å². The molecule has 1 aliphatic rings. The average molecular weight is 301 g/mol. The lowest BCUT2D eigenvalue weighted by Gasteiger charge is -2.38. The minimum atomic E-state index is -0.427. The molecule has 1 amide bonds. The van der Waals surface area contributed by atoms with Crippen LogP contribution in [0.4, 0.5) is 0 Å². The Morgan fingerprint density at radius 3 is 2.91 bits per heavy atom. The number of carbonyl (C=O) groups excluding carboxylic acids is 1. The molecular formula is C18H23NO3. The second-order valence-corrected chi connectivity index (χ2v) is 6.69. The molecule has 1 aliphatic heterocycles. The van der Waals surface area contributed by atoms with Crippen molar-refractivity contribution in [3.63, 3.8) is 0 Å². The summed E-state index contributed by atoms with van der Waals surface area (Å²) in [5.74, 6) is 0.402. The van der Waals surface area contributed by atoms with E-state index in [1.165, 1.54) is 0 Å². The standard InChI is InChI=1S/C18H23NO3/c1-13(2)10-18(12-20)8-5-9-19(18)17(21)15-11-22-16-7-4-3-6-14(15)16/h3-4,6-7,11,13,20H,5,8-10,12H2,1-2H3/t18-/m1/s1. The van der Waals surface area contributed by atoms with Crippen LogP contribution in [0.1, 0.15) is 43.5 Å². The Balaban J connectivity index is 1.96. The molecule has 1 aromatic carbocycles. The van der Waals surface area contributed by atoms with Crippen molar-refractivity contribution >= 4 is 16.9 Å². The van der Waals surface area contributed by atoms with Gasteiger partial charge in [-0.05, 0) is 31.2 Å². The highest BCUT2D eigenvalue weighted by molar-refractivity contribution is 6.06. The third-order valence-electron chi connectivity index (χ3n) is 4.64. The van der Waals surface area contributed by atoms with Gasteiger partial charge < -0.3 is 14.4 Å². The summed E-state index contributed by atoms with van der Waals surface area (Å²) in [6.07, 6.45) is 4.17. The first-order valence-electron chi connectivity index (χ1n) is 7.96. The van der Waals surface area contributed by atoms with Gasteiger partial charge in [0.1, 0.15) is 11.8 Å². The SMILES string of the molecule is CC(C)C[C@@]1(CO)CCCN1C(=O)c1coc2ccccc12. The molecule has 4 nitrogen and oxygen atoms in total. The fourth-order valence-corrected chi connectivity index (χ4v) is 3.75. The largest absolute Gasteiger partial charge is 0.463 e. The first-order chi connectivity index (χ1) is 10.6. The Kier molecular flexibility index (Phi) is 3.96. The third-order valence-corrected chi connectivity index (χ3v) is 4.64. The van der Waals surface area contributed by atoms with Gasteiger partial charge in [-0.3, -0.25) is 4.79 Å². The van der Waals surface area contributed by atoms with Crippen molar-refractivity contribution < 1.29 is 14.3 Å². The van der Waals surface area contributed by atoms with Gasteiger partial charge in [-0.2, -0.15) is 0 Å². The van der Waals surface area contributed by atoms with E-state index in [2.05, 4.69) is 13.8 Å². The zero-order valence-electron chi connectivity index (χ0n) is 13.2. The van der Waals surface area contributed by atoms with Crippen molar-refractivity contribution in [2.75, 3.05) is 13.2 Å². The molecule has 0 radical (unpaired) electrons. The Labute approximate surface area is 130 Å². The highest BCUT2D eigenvalue weighted by atomic mass is 16.3. The maximum absolute atomic E-state index is 13.0. The van der Waals surface area contributed by atoms with E-state index in [1.54, 1.807) is 6.26 Å². The lowest BCUT2D eigenvalue weighted by Crippen LogP contribution is -2.50. The average Bonchev–Trinajstić information content (AvgIpc) is 3.10. The highest BCUT2D eigenvalue weighted by Gasteiger charge is 2.44. The third kappa shape index (κ3) is 2.41. The van der Waals surface area contributed by atoms with Crippen LogP contribution in [0.5, 0.6) is 0 Å². The molecule has 1 aromatic heterocycles. The van der Waals surface area contributed by atoms with Gasteiger partial charge in [-0.1, -0.05) is 32.0 Å². The highest BCUT2D eigenvalue weighted by Crippen LogP contribution is 2.37. The molecule has 1 saturated heterocycles. The lowest BCUT2D eigenvalue weighted by molar-refractivity contribution is 0.0333. The summed E-state index contributed by atoms with van der Waals surface area (Å²) < 4.78 is 5.50. The van der Waals surface area contributed by atoms with E-state index in [0.717, 1.165) is 30.2 Å². The van der Waals surface area contributed by atoms with Crippen LogP contribution in [0.3, 0.4) is 0 Å². The number of rotatable bonds is 4. The summed E-state index contributed by atoms with van der Waals surface area (Å²) in [5, 5.41) is 10.8. The van der Waals surface area contributed by atoms with Crippen LogP contribution in [0.2, 0.25) is 0 Å². The van der Waals surface area contributed by atoms with E-state index >= 15 is 0 Å². The minimum absolute atomic E-state index is 0.0205. The summed E-state index contributed by atoms with van der Waals surface area (Å²) in [4.78, 5) is 14.9. The summed E-state index contributed by atoms with van der Waals surface area (Å²) in [6, 6.07) is 7.58. The maximum atomic E-state index is 13.0. The molecule has 0 saturated carbocycles. The van der Waals surface area contributed by atoms with Gasteiger partial charge in [-0.25, -0.2) is 0 Å². The van der Waals surface area contributed by atoms with Crippen LogP contribution in [0.15, 0.2) is 34.9 Å². The normalized spacial score (nSPS) is 21.9. The summed E-state index contributed by atoms with van der Waals surface area (Å²) in [5.41, 5.74) is 0.895. The first kappa shape index (κ1) is 15.1. The molecule has 4 heteroatoms. The number of aliphatic hydroxyl groups excluding tert-OH is 1. The number of nitrogens with zero attached hydrogens (tertiary/aromatic N) is 1. The first-order valence-corrected chi connectivity index (χ1v) is 7.96. The number of aliphatic hydroxyl groups is 1. The molecular weight excluding hydrogens is 278 g/mol. The number of benzene rings is 1. The Morgan fingerprint density at radius 1 is 1.41 bits per heavy atom. The van der Waals surface area contributed by atoms with Gasteiger partial charge in [0.15, 0.2) is 0 Å². The molecule has 2 aromatic rings. The Hall–Kier alpha value is -1.81. The molecule has 118 valence electrons. The van der Waals surface area contributed by atoms with Gasteiger partial charge in [0.2, 0.25) is 0 Å². The Morgan fingerprint density at radius 2 is 2.18 bits per heavy atom. The molecule has 1 fully saturated rings. The zero-order valence-corrected chi connectivity index (χ0v) is 13.2. The van der Waals surface area contributed by atoms with Gasteiger partial charge in [-0.15, -0.1) is 0 Å². The monoisotopic (exact) mass is 301 g/mol. The number of hydrogen-bond donors (Lipinski definition) is 1. The van der Waals surface area contributed by atoms with Crippen molar-refractivity contribution in [2.45, 2.75) is 38.6 Å². The summed E-state index contributed by atoms with van der Waals surface area (Å²) in [7, 11) is 0. The van der Waals surface area contributed by atoms with Gasteiger partial charge in [0, 0.05) is 11.9 Å². The van der Waals surface area contributed by atoms with E-state index in [1.807, 2.05) is 29.2 Å². The van der Waals surface area contributed by atoms with E-state index in [0.29, 0.717) is 18.0 Å². The van der Waals surface area contributed by atoms with Crippen molar-refractivity contribution in [1.29, 1.82) is 0 Å². The lowest BCUT2D eigenvalue weighted by atomic mass is 9.86. The van der Waals surface area contributed by atoms with Crippen molar-refractivity contribution in [3.05, 3.63) is 36.1 Å². The van der Waals surface area contributed by atoms with Crippen LogP contribution in [-0.4, -0.2) is 34.6 Å². The topological polar surface area (TPSA) is 53.7 Å². The predicted octanol–water partition coefficient (Wildman–Crippen LogP) is 3.45. The van der Waals surface area contributed by atoms with Crippen LogP contribution < -0.4 is 0 Å². The molecule has 22 heavy (non-hydrogen) atoms. The van der Waals surface area contributed by atoms with Crippen LogP contribution >= 0.6 is 0 Å². The molecule has 0 bridgehead atoms. The molecule has 1 N–H and O–H groups in total. The Bertz CT molecular complexity index is 676. The van der Waals surface area contributed by atoms with E-state index in [4.69, 9.17) is 4.42 Å². The van der Waals surface area contributed by atoms with Crippen LogP contribution in [-0.2, 0) is 0 Å². The molecule has 0 aliphatic carbocycles. The second-order valence-electron chi connectivity index (χ2n) is 6.69. The minimum Gasteiger partial charge on any atom is -0.463 e. The van der Waals surface area contributed by atoms with Gasteiger partial charge >= 0.3 is 0 Å². The molecule has 3 rings (SSSR count). The van der Waals surface area contributed by atoms with Crippen molar-refractivity contribution in [3.8, 4) is 0 Å². The molecule has 0 unspecified atom stereocenters.